The van der Waals surface area contributed by atoms with Crippen molar-refractivity contribution >= 4 is 5.69 Å². The van der Waals surface area contributed by atoms with Crippen LogP contribution >= 0.6 is 0 Å². The van der Waals surface area contributed by atoms with Gasteiger partial charge < -0.3 is 14.2 Å². The highest BCUT2D eigenvalue weighted by Crippen LogP contribution is 2.38. The van der Waals surface area contributed by atoms with Crippen molar-refractivity contribution < 1.29 is 14.2 Å². The minimum atomic E-state index is 0.185. The van der Waals surface area contributed by atoms with Crippen LogP contribution in [-0.4, -0.2) is 21.3 Å². The zero-order chi connectivity index (χ0) is 10.6. The van der Waals surface area contributed by atoms with E-state index in [-0.39, 0.29) is 5.69 Å². The fraction of sp³-hybridized carbons (Fsp3) is 0.333. The summed E-state index contributed by atoms with van der Waals surface area (Å²) in [4.78, 5) is 10.4. The van der Waals surface area contributed by atoms with E-state index in [2.05, 4.69) is 5.18 Å². The van der Waals surface area contributed by atoms with Crippen LogP contribution in [0.1, 0.15) is 0 Å². The summed E-state index contributed by atoms with van der Waals surface area (Å²) in [6.45, 7) is 0. The van der Waals surface area contributed by atoms with Crippen LogP contribution < -0.4 is 14.2 Å². The zero-order valence-electron chi connectivity index (χ0n) is 8.23. The van der Waals surface area contributed by atoms with Gasteiger partial charge in [0.15, 0.2) is 22.9 Å². The largest absolute Gasteiger partial charge is 0.494 e. The van der Waals surface area contributed by atoms with Crippen molar-refractivity contribution in [1.82, 2.24) is 0 Å². The number of methoxy groups -OCH3 is 3. The lowest BCUT2D eigenvalue weighted by Crippen LogP contribution is -1.92. The Morgan fingerprint density at radius 1 is 0.929 bits per heavy atom. The third-order valence-electron chi connectivity index (χ3n) is 1.78. The molecule has 0 aliphatic rings. The number of nitrogens with zero attached hydrogens (tertiary/aromatic N) is 1. The Kier molecular flexibility index (Phi) is 3.28. The van der Waals surface area contributed by atoms with E-state index >= 15 is 0 Å². The SMILES string of the molecule is COc1cc(OC)c(OC)cc1N=O. The first-order valence-electron chi connectivity index (χ1n) is 3.90. The Labute approximate surface area is 81.6 Å². The molecule has 0 unspecified atom stereocenters. The molecular formula is C9H11NO4. The zero-order valence-corrected chi connectivity index (χ0v) is 8.23. The average Bonchev–Trinajstić information content (AvgIpc) is 2.26. The monoisotopic (exact) mass is 197 g/mol. The Morgan fingerprint density at radius 2 is 1.43 bits per heavy atom. The van der Waals surface area contributed by atoms with Crippen LogP contribution in [0, 0.1) is 4.91 Å². The van der Waals surface area contributed by atoms with E-state index in [1.807, 2.05) is 0 Å². The molecule has 0 saturated carbocycles. The molecule has 0 N–H and O–H groups in total. The van der Waals surface area contributed by atoms with E-state index in [1.165, 1.54) is 27.4 Å². The van der Waals surface area contributed by atoms with Gasteiger partial charge in [-0.15, -0.1) is 4.91 Å². The molecule has 1 aromatic carbocycles. The van der Waals surface area contributed by atoms with E-state index in [0.29, 0.717) is 17.2 Å². The molecule has 0 aliphatic carbocycles. The van der Waals surface area contributed by atoms with Crippen LogP contribution in [0.3, 0.4) is 0 Å². The van der Waals surface area contributed by atoms with Crippen molar-refractivity contribution in [3.05, 3.63) is 17.0 Å². The summed E-state index contributed by atoms with van der Waals surface area (Å²) < 4.78 is 15.0. The second-order valence-corrected chi connectivity index (χ2v) is 2.47. The Hall–Kier alpha value is -1.78. The highest BCUT2D eigenvalue weighted by Gasteiger charge is 2.11. The van der Waals surface area contributed by atoms with Gasteiger partial charge in [0, 0.05) is 12.1 Å². The van der Waals surface area contributed by atoms with Crippen LogP contribution in [-0.2, 0) is 0 Å². The molecule has 0 atom stereocenters. The highest BCUT2D eigenvalue weighted by atomic mass is 16.5. The number of rotatable bonds is 4. The molecule has 14 heavy (non-hydrogen) atoms. The maximum Gasteiger partial charge on any atom is 0.164 e. The predicted octanol–water partition coefficient (Wildman–Crippen LogP) is 2.11. The normalized spacial score (nSPS) is 9.36. The van der Waals surface area contributed by atoms with Gasteiger partial charge in [-0.25, -0.2) is 0 Å². The molecule has 76 valence electrons. The molecule has 0 radical (unpaired) electrons. The molecule has 0 saturated heterocycles. The maximum absolute atomic E-state index is 10.4. The lowest BCUT2D eigenvalue weighted by Gasteiger charge is -2.09. The van der Waals surface area contributed by atoms with Crippen molar-refractivity contribution in [3.8, 4) is 17.2 Å². The molecule has 0 spiro atoms. The summed E-state index contributed by atoms with van der Waals surface area (Å²) in [5, 5.41) is 2.81. The van der Waals surface area contributed by atoms with Gasteiger partial charge in [0.2, 0.25) is 0 Å². The molecule has 1 aromatic rings. The molecule has 5 heteroatoms. The van der Waals surface area contributed by atoms with E-state index in [0.717, 1.165) is 0 Å². The van der Waals surface area contributed by atoms with Crippen molar-refractivity contribution in [2.24, 2.45) is 5.18 Å². The van der Waals surface area contributed by atoms with E-state index < -0.39 is 0 Å². The first-order valence-corrected chi connectivity index (χ1v) is 3.90. The average molecular weight is 197 g/mol. The number of hydrogen-bond acceptors (Lipinski definition) is 5. The summed E-state index contributed by atoms with van der Waals surface area (Å²) in [7, 11) is 4.44. The van der Waals surface area contributed by atoms with Crippen molar-refractivity contribution in [3.63, 3.8) is 0 Å². The first kappa shape index (κ1) is 10.3. The lowest BCUT2D eigenvalue weighted by molar-refractivity contribution is 0.349. The Morgan fingerprint density at radius 3 is 1.86 bits per heavy atom. The number of benzene rings is 1. The Bertz CT molecular complexity index is 338. The third-order valence-corrected chi connectivity index (χ3v) is 1.78. The minimum Gasteiger partial charge on any atom is -0.494 e. The fourth-order valence-corrected chi connectivity index (χ4v) is 1.08. The topological polar surface area (TPSA) is 57.1 Å². The first-order chi connectivity index (χ1) is 6.76. The van der Waals surface area contributed by atoms with Crippen LogP contribution in [0.25, 0.3) is 0 Å². The van der Waals surface area contributed by atoms with Gasteiger partial charge in [-0.05, 0) is 5.18 Å². The quantitative estimate of drug-likeness (QED) is 0.693. The van der Waals surface area contributed by atoms with Gasteiger partial charge in [0.25, 0.3) is 0 Å². The third kappa shape index (κ3) is 1.76. The molecule has 0 aliphatic heterocycles. The van der Waals surface area contributed by atoms with E-state index in [9.17, 15) is 4.91 Å². The summed E-state index contributed by atoms with van der Waals surface area (Å²) in [5.41, 5.74) is 0.185. The number of hydrogen-bond donors (Lipinski definition) is 0. The molecule has 1 rings (SSSR count). The summed E-state index contributed by atoms with van der Waals surface area (Å²) in [6.07, 6.45) is 0. The predicted molar refractivity (Wildman–Crippen MR) is 51.6 cm³/mol. The van der Waals surface area contributed by atoms with Crippen molar-refractivity contribution in [2.45, 2.75) is 0 Å². The smallest absolute Gasteiger partial charge is 0.164 e. The summed E-state index contributed by atoms with van der Waals surface area (Å²) in [6, 6.07) is 3.01. The van der Waals surface area contributed by atoms with Crippen LogP contribution in [0.15, 0.2) is 17.3 Å². The number of ether oxygens (including phenoxy) is 3. The molecule has 5 nitrogen and oxygen atoms in total. The molecular weight excluding hydrogens is 186 g/mol. The van der Waals surface area contributed by atoms with Gasteiger partial charge >= 0.3 is 0 Å². The second-order valence-electron chi connectivity index (χ2n) is 2.47. The number of nitroso groups, excluding NO2 is 1. The Balaban J connectivity index is 3.27. The molecule has 0 fully saturated rings. The van der Waals surface area contributed by atoms with Gasteiger partial charge in [-0.1, -0.05) is 0 Å². The van der Waals surface area contributed by atoms with Gasteiger partial charge in [-0.2, -0.15) is 0 Å². The highest BCUT2D eigenvalue weighted by molar-refractivity contribution is 5.61. The minimum absolute atomic E-state index is 0.185. The summed E-state index contributed by atoms with van der Waals surface area (Å²) in [5.74, 6) is 1.30. The lowest BCUT2D eigenvalue weighted by atomic mass is 10.2. The summed E-state index contributed by atoms with van der Waals surface area (Å²) >= 11 is 0. The van der Waals surface area contributed by atoms with Crippen LogP contribution in [0.5, 0.6) is 17.2 Å². The maximum atomic E-state index is 10.4. The standard InChI is InChI=1S/C9H11NO4/c1-12-7-5-9(14-3)8(13-2)4-6(7)10-11/h4-5H,1-3H3. The van der Waals surface area contributed by atoms with E-state index in [4.69, 9.17) is 14.2 Å². The van der Waals surface area contributed by atoms with Gasteiger partial charge in [0.05, 0.1) is 21.3 Å². The van der Waals surface area contributed by atoms with Gasteiger partial charge in [0.1, 0.15) is 0 Å². The molecule has 0 bridgehead atoms. The van der Waals surface area contributed by atoms with Crippen molar-refractivity contribution in [1.29, 1.82) is 0 Å². The van der Waals surface area contributed by atoms with Crippen LogP contribution in [0.2, 0.25) is 0 Å². The second kappa shape index (κ2) is 4.45. The van der Waals surface area contributed by atoms with Crippen LogP contribution in [0.4, 0.5) is 5.69 Å². The fourth-order valence-electron chi connectivity index (χ4n) is 1.08. The van der Waals surface area contributed by atoms with Crippen molar-refractivity contribution in [2.75, 3.05) is 21.3 Å². The molecule has 0 amide bonds. The molecule has 0 aromatic heterocycles. The van der Waals surface area contributed by atoms with Gasteiger partial charge in [-0.3, -0.25) is 0 Å². The molecule has 0 heterocycles. The van der Waals surface area contributed by atoms with E-state index in [1.54, 1.807) is 6.07 Å².